The molecule has 0 radical (unpaired) electrons. The lowest BCUT2D eigenvalue weighted by Gasteiger charge is -2.22. The SMILES string of the molecule is CCCC(=CC(=O)N1CCC(O)(Cn2ccnn2)C1)CCC. The molecule has 22 heavy (non-hydrogen) atoms. The zero-order chi connectivity index (χ0) is 16.0. The third-order valence-corrected chi connectivity index (χ3v) is 4.04. The predicted octanol–water partition coefficient (Wildman–Crippen LogP) is 1.77. The van der Waals surface area contributed by atoms with Crippen LogP contribution >= 0.6 is 0 Å². The van der Waals surface area contributed by atoms with Crippen LogP contribution in [0, 0.1) is 0 Å². The molecule has 0 bridgehead atoms. The molecule has 1 aliphatic rings. The zero-order valence-corrected chi connectivity index (χ0v) is 13.5. The fourth-order valence-electron chi connectivity index (χ4n) is 2.97. The lowest BCUT2D eigenvalue weighted by atomic mass is 10.0. The van der Waals surface area contributed by atoms with Gasteiger partial charge in [0.05, 0.1) is 19.3 Å². The van der Waals surface area contributed by atoms with Crippen LogP contribution in [0.25, 0.3) is 0 Å². The third-order valence-electron chi connectivity index (χ3n) is 4.04. The summed E-state index contributed by atoms with van der Waals surface area (Å²) < 4.78 is 1.61. The van der Waals surface area contributed by atoms with Crippen molar-refractivity contribution >= 4 is 5.91 Å². The maximum absolute atomic E-state index is 12.4. The van der Waals surface area contributed by atoms with E-state index in [0.29, 0.717) is 26.1 Å². The second kappa shape index (κ2) is 7.54. The summed E-state index contributed by atoms with van der Waals surface area (Å²) in [5.41, 5.74) is 0.300. The van der Waals surface area contributed by atoms with Crippen molar-refractivity contribution in [3.05, 3.63) is 24.0 Å². The molecule has 2 heterocycles. The molecule has 1 unspecified atom stereocenters. The van der Waals surface area contributed by atoms with Gasteiger partial charge in [-0.05, 0) is 19.3 Å². The molecule has 1 N–H and O–H groups in total. The van der Waals surface area contributed by atoms with Crippen LogP contribution in [0.5, 0.6) is 0 Å². The third kappa shape index (κ3) is 4.40. The van der Waals surface area contributed by atoms with E-state index in [-0.39, 0.29) is 5.91 Å². The molecule has 1 aliphatic heterocycles. The predicted molar refractivity (Wildman–Crippen MR) is 84.1 cm³/mol. The topological polar surface area (TPSA) is 71.2 Å². The van der Waals surface area contributed by atoms with Gasteiger partial charge >= 0.3 is 0 Å². The summed E-state index contributed by atoms with van der Waals surface area (Å²) in [6.07, 6.45) is 9.70. The molecule has 1 amide bonds. The van der Waals surface area contributed by atoms with Gasteiger partial charge in [-0.25, -0.2) is 4.68 Å². The van der Waals surface area contributed by atoms with Crippen LogP contribution in [0.3, 0.4) is 0 Å². The molecule has 1 aromatic heterocycles. The molecule has 0 aliphatic carbocycles. The molecule has 6 heteroatoms. The molecule has 0 spiro atoms. The molecular formula is C16H26N4O2. The minimum Gasteiger partial charge on any atom is -0.386 e. The van der Waals surface area contributed by atoms with E-state index in [0.717, 1.165) is 25.7 Å². The van der Waals surface area contributed by atoms with Crippen molar-refractivity contribution in [1.82, 2.24) is 19.9 Å². The van der Waals surface area contributed by atoms with Gasteiger partial charge in [0.2, 0.25) is 5.91 Å². The minimum atomic E-state index is -0.910. The highest BCUT2D eigenvalue weighted by atomic mass is 16.3. The van der Waals surface area contributed by atoms with Crippen molar-refractivity contribution in [3.8, 4) is 0 Å². The fraction of sp³-hybridized carbons (Fsp3) is 0.688. The summed E-state index contributed by atoms with van der Waals surface area (Å²) in [5.74, 6) is 0.0198. The number of likely N-dealkylation sites (tertiary alicyclic amines) is 1. The molecule has 1 aromatic rings. The quantitative estimate of drug-likeness (QED) is 0.779. The first kappa shape index (κ1) is 16.7. The summed E-state index contributed by atoms with van der Waals surface area (Å²) in [4.78, 5) is 14.1. The largest absolute Gasteiger partial charge is 0.386 e. The van der Waals surface area contributed by atoms with Crippen molar-refractivity contribution in [2.75, 3.05) is 13.1 Å². The maximum Gasteiger partial charge on any atom is 0.246 e. The number of allylic oxidation sites excluding steroid dienone is 1. The lowest BCUT2D eigenvalue weighted by Crippen LogP contribution is -2.39. The smallest absolute Gasteiger partial charge is 0.246 e. The second-order valence-corrected chi connectivity index (χ2v) is 6.14. The summed E-state index contributed by atoms with van der Waals surface area (Å²) in [6, 6.07) is 0. The summed E-state index contributed by atoms with van der Waals surface area (Å²) >= 11 is 0. The van der Waals surface area contributed by atoms with E-state index in [9.17, 15) is 9.90 Å². The number of aromatic nitrogens is 3. The molecule has 0 saturated carbocycles. The molecule has 0 aromatic carbocycles. The van der Waals surface area contributed by atoms with Crippen molar-refractivity contribution in [2.24, 2.45) is 0 Å². The second-order valence-electron chi connectivity index (χ2n) is 6.14. The van der Waals surface area contributed by atoms with E-state index in [1.165, 1.54) is 5.57 Å². The average Bonchev–Trinajstić information content (AvgIpc) is 3.09. The number of hydrogen-bond donors (Lipinski definition) is 1. The summed E-state index contributed by atoms with van der Waals surface area (Å²) in [5, 5.41) is 18.2. The van der Waals surface area contributed by atoms with Gasteiger partial charge in [-0.1, -0.05) is 37.5 Å². The van der Waals surface area contributed by atoms with Gasteiger partial charge in [-0.3, -0.25) is 4.79 Å². The van der Waals surface area contributed by atoms with Crippen molar-refractivity contribution in [2.45, 2.75) is 58.1 Å². The number of carbonyl (C=O) groups is 1. The van der Waals surface area contributed by atoms with Gasteiger partial charge in [0.25, 0.3) is 0 Å². The number of aliphatic hydroxyl groups is 1. The molecule has 6 nitrogen and oxygen atoms in total. The van der Waals surface area contributed by atoms with Gasteiger partial charge in [0.1, 0.15) is 5.60 Å². The minimum absolute atomic E-state index is 0.0198. The van der Waals surface area contributed by atoms with Crippen LogP contribution in [-0.2, 0) is 11.3 Å². The summed E-state index contributed by atoms with van der Waals surface area (Å²) in [6.45, 7) is 5.57. The monoisotopic (exact) mass is 306 g/mol. The van der Waals surface area contributed by atoms with Gasteiger partial charge in [0.15, 0.2) is 0 Å². The number of nitrogens with zero attached hydrogens (tertiary/aromatic N) is 4. The fourth-order valence-corrected chi connectivity index (χ4v) is 2.97. The molecule has 1 atom stereocenters. The van der Waals surface area contributed by atoms with Gasteiger partial charge in [-0.2, -0.15) is 0 Å². The van der Waals surface area contributed by atoms with Crippen molar-refractivity contribution < 1.29 is 9.90 Å². The van der Waals surface area contributed by atoms with Crippen LogP contribution in [-0.4, -0.2) is 49.6 Å². The van der Waals surface area contributed by atoms with E-state index in [1.807, 2.05) is 0 Å². The van der Waals surface area contributed by atoms with E-state index < -0.39 is 5.60 Å². The molecule has 1 saturated heterocycles. The van der Waals surface area contributed by atoms with E-state index >= 15 is 0 Å². The number of β-amino-alcohol motifs (C(OH)–C–C–N with tert-alkyl or cyclic N) is 1. The molecule has 1 fully saturated rings. The highest BCUT2D eigenvalue weighted by molar-refractivity contribution is 5.88. The normalized spacial score (nSPS) is 21.1. The number of amides is 1. The summed E-state index contributed by atoms with van der Waals surface area (Å²) in [7, 11) is 0. The van der Waals surface area contributed by atoms with Gasteiger partial charge in [0, 0.05) is 18.8 Å². The van der Waals surface area contributed by atoms with E-state index in [1.54, 1.807) is 28.1 Å². The van der Waals surface area contributed by atoms with E-state index in [2.05, 4.69) is 24.2 Å². The average molecular weight is 306 g/mol. The van der Waals surface area contributed by atoms with Crippen LogP contribution in [0.15, 0.2) is 24.0 Å². The first-order valence-corrected chi connectivity index (χ1v) is 8.11. The number of hydrogen-bond acceptors (Lipinski definition) is 4. The Morgan fingerprint density at radius 3 is 2.68 bits per heavy atom. The van der Waals surface area contributed by atoms with Gasteiger partial charge in [-0.15, -0.1) is 5.10 Å². The Kier molecular flexibility index (Phi) is 5.71. The Balaban J connectivity index is 1.96. The zero-order valence-electron chi connectivity index (χ0n) is 13.5. The highest BCUT2D eigenvalue weighted by Gasteiger charge is 2.38. The van der Waals surface area contributed by atoms with Crippen molar-refractivity contribution in [1.29, 1.82) is 0 Å². The lowest BCUT2D eigenvalue weighted by molar-refractivity contribution is -0.126. The maximum atomic E-state index is 12.4. The Morgan fingerprint density at radius 2 is 2.09 bits per heavy atom. The number of rotatable bonds is 7. The molecule has 122 valence electrons. The highest BCUT2D eigenvalue weighted by Crippen LogP contribution is 2.24. The first-order valence-electron chi connectivity index (χ1n) is 8.11. The molecular weight excluding hydrogens is 280 g/mol. The molecule has 2 rings (SSSR count). The Labute approximate surface area is 131 Å². The first-order chi connectivity index (χ1) is 10.6. The van der Waals surface area contributed by atoms with Crippen LogP contribution < -0.4 is 0 Å². The Bertz CT molecular complexity index is 504. The number of carbonyl (C=O) groups excluding carboxylic acids is 1. The van der Waals surface area contributed by atoms with Crippen LogP contribution in [0.1, 0.15) is 46.0 Å². The Morgan fingerprint density at radius 1 is 1.36 bits per heavy atom. The van der Waals surface area contributed by atoms with Crippen molar-refractivity contribution in [3.63, 3.8) is 0 Å². The van der Waals surface area contributed by atoms with Gasteiger partial charge < -0.3 is 10.0 Å². The van der Waals surface area contributed by atoms with Crippen LogP contribution in [0.2, 0.25) is 0 Å². The van der Waals surface area contributed by atoms with E-state index in [4.69, 9.17) is 0 Å². The van der Waals surface area contributed by atoms with Crippen LogP contribution in [0.4, 0.5) is 0 Å². The Hall–Kier alpha value is -1.69. The standard InChI is InChI=1S/C16H26N4O2/c1-3-5-14(6-4-2)11-15(21)19-9-7-16(22,12-19)13-20-10-8-17-18-20/h8,10-11,22H,3-7,9,12-13H2,1-2H3.